The number of aliphatic carboxylic acids is 1. The summed E-state index contributed by atoms with van der Waals surface area (Å²) in [6.07, 6.45) is 5.24. The van der Waals surface area contributed by atoms with Crippen LogP contribution in [0.25, 0.3) is 0 Å². The van der Waals surface area contributed by atoms with Crippen LogP contribution in [0.1, 0.15) is 32.6 Å². The molecule has 1 fully saturated rings. The highest BCUT2D eigenvalue weighted by Crippen LogP contribution is 2.47. The summed E-state index contributed by atoms with van der Waals surface area (Å²) in [7, 11) is 1.38. The van der Waals surface area contributed by atoms with E-state index >= 15 is 0 Å². The number of carbonyl (C=O) groups excluding carboxylic acids is 1. The lowest BCUT2D eigenvalue weighted by molar-refractivity contribution is -0.144. The molecule has 2 rings (SSSR count). The first-order valence-corrected chi connectivity index (χ1v) is 7.15. The maximum absolute atomic E-state index is 11.7. The predicted molar refractivity (Wildman–Crippen MR) is 75.0 cm³/mol. The Bertz CT molecular complexity index is 463. The third-order valence-electron chi connectivity index (χ3n) is 4.88. The van der Waals surface area contributed by atoms with Crippen LogP contribution in [0.15, 0.2) is 23.8 Å². The molecule has 1 unspecified atom stereocenters. The Morgan fingerprint density at radius 3 is 2.70 bits per heavy atom. The molecule has 0 bridgehead atoms. The highest BCUT2D eigenvalue weighted by atomic mass is 16.5. The van der Waals surface area contributed by atoms with Crippen LogP contribution in [0.3, 0.4) is 0 Å². The lowest BCUT2D eigenvalue weighted by atomic mass is 9.62. The van der Waals surface area contributed by atoms with Crippen LogP contribution >= 0.6 is 0 Å². The molecule has 0 aromatic rings. The number of methoxy groups -OCH3 is 1. The van der Waals surface area contributed by atoms with Gasteiger partial charge in [-0.3, -0.25) is 4.79 Å². The smallest absolute Gasteiger partial charge is 0.333 e. The molecule has 4 nitrogen and oxygen atoms in total. The molecule has 0 spiro atoms. The molecule has 4 heteroatoms. The molecule has 110 valence electrons. The van der Waals surface area contributed by atoms with Gasteiger partial charge in [-0.1, -0.05) is 25.2 Å². The summed E-state index contributed by atoms with van der Waals surface area (Å²) >= 11 is 0. The fourth-order valence-electron chi connectivity index (χ4n) is 3.63. The summed E-state index contributed by atoms with van der Waals surface area (Å²) in [4.78, 5) is 23.0. The Morgan fingerprint density at radius 2 is 2.10 bits per heavy atom. The minimum atomic E-state index is -0.764. The molecule has 20 heavy (non-hydrogen) atoms. The number of carbonyl (C=O) groups is 2. The van der Waals surface area contributed by atoms with Crippen molar-refractivity contribution in [3.63, 3.8) is 0 Å². The minimum absolute atomic E-state index is 0.0722. The van der Waals surface area contributed by atoms with E-state index in [4.69, 9.17) is 4.74 Å². The molecule has 1 N–H and O–H groups in total. The average Bonchev–Trinajstić information content (AvgIpc) is 2.45. The summed E-state index contributed by atoms with van der Waals surface area (Å²) in [5, 5.41) is 9.28. The third kappa shape index (κ3) is 2.65. The molecular weight excluding hydrogens is 256 g/mol. The number of esters is 1. The second-order valence-corrected chi connectivity index (χ2v) is 5.89. The largest absolute Gasteiger partial charge is 0.481 e. The number of hydrogen-bond donors (Lipinski definition) is 1. The maximum atomic E-state index is 11.7. The van der Waals surface area contributed by atoms with Gasteiger partial charge in [0.15, 0.2) is 0 Å². The van der Waals surface area contributed by atoms with Crippen LogP contribution in [0.4, 0.5) is 0 Å². The van der Waals surface area contributed by atoms with Crippen molar-refractivity contribution in [2.45, 2.75) is 32.6 Å². The summed E-state index contributed by atoms with van der Waals surface area (Å²) in [6.45, 7) is 5.90. The summed E-state index contributed by atoms with van der Waals surface area (Å²) < 4.78 is 4.79. The van der Waals surface area contributed by atoms with Crippen LogP contribution in [-0.4, -0.2) is 24.2 Å². The quantitative estimate of drug-likeness (QED) is 0.637. The first-order chi connectivity index (χ1) is 9.45. The van der Waals surface area contributed by atoms with E-state index in [1.54, 1.807) is 6.92 Å². The second kappa shape index (κ2) is 5.81. The molecule has 2 aliphatic carbocycles. The number of ether oxygens (including phenoxy) is 1. The number of carboxylic acids is 1. The highest BCUT2D eigenvalue weighted by molar-refractivity contribution is 5.88. The van der Waals surface area contributed by atoms with Crippen molar-refractivity contribution in [1.29, 1.82) is 0 Å². The van der Waals surface area contributed by atoms with Gasteiger partial charge in [0.1, 0.15) is 0 Å². The molecule has 0 aromatic heterocycles. The first-order valence-electron chi connectivity index (χ1n) is 7.15. The highest BCUT2D eigenvalue weighted by Gasteiger charge is 2.41. The van der Waals surface area contributed by atoms with Gasteiger partial charge in [-0.25, -0.2) is 4.79 Å². The Labute approximate surface area is 119 Å². The lowest BCUT2D eigenvalue weighted by Crippen LogP contribution is -2.37. The van der Waals surface area contributed by atoms with Crippen molar-refractivity contribution in [2.24, 2.45) is 23.7 Å². The van der Waals surface area contributed by atoms with Gasteiger partial charge in [0.05, 0.1) is 13.0 Å². The van der Waals surface area contributed by atoms with Gasteiger partial charge in [-0.2, -0.15) is 0 Å². The molecule has 4 atom stereocenters. The number of hydrogen-bond acceptors (Lipinski definition) is 3. The maximum Gasteiger partial charge on any atom is 0.333 e. The van der Waals surface area contributed by atoms with Crippen LogP contribution < -0.4 is 0 Å². The van der Waals surface area contributed by atoms with Gasteiger partial charge in [0.25, 0.3) is 0 Å². The summed E-state index contributed by atoms with van der Waals surface area (Å²) in [5.74, 6) is -0.970. The Balaban J connectivity index is 2.30. The zero-order valence-corrected chi connectivity index (χ0v) is 12.1. The average molecular weight is 278 g/mol. The van der Waals surface area contributed by atoms with Gasteiger partial charge >= 0.3 is 11.9 Å². The third-order valence-corrected chi connectivity index (χ3v) is 4.88. The number of fused-ring (bicyclic) bond motifs is 1. The lowest BCUT2D eigenvalue weighted by Gasteiger charge is -2.42. The van der Waals surface area contributed by atoms with Gasteiger partial charge in [-0.05, 0) is 43.4 Å². The van der Waals surface area contributed by atoms with E-state index in [1.807, 2.05) is 6.08 Å². The van der Waals surface area contributed by atoms with Crippen molar-refractivity contribution in [3.05, 3.63) is 23.8 Å². The van der Waals surface area contributed by atoms with Crippen molar-refractivity contribution >= 4 is 11.9 Å². The normalized spacial score (nSPS) is 31.0. The van der Waals surface area contributed by atoms with Crippen molar-refractivity contribution in [2.75, 3.05) is 7.11 Å². The zero-order chi connectivity index (χ0) is 14.9. The molecule has 0 amide bonds. The molecule has 0 aliphatic heterocycles. The number of rotatable bonds is 3. The molecule has 0 heterocycles. The van der Waals surface area contributed by atoms with Crippen LogP contribution in [0.2, 0.25) is 0 Å². The molecule has 1 saturated carbocycles. The fraction of sp³-hybridized carbons (Fsp3) is 0.625. The van der Waals surface area contributed by atoms with E-state index in [1.165, 1.54) is 12.7 Å². The van der Waals surface area contributed by atoms with E-state index < -0.39 is 11.9 Å². The van der Waals surface area contributed by atoms with Gasteiger partial charge in [-0.15, -0.1) is 0 Å². The van der Waals surface area contributed by atoms with E-state index in [9.17, 15) is 14.7 Å². The standard InChI is InChI=1S/C16H22O4/c1-9-4-6-13(10(2)15(17)18)14-8-11(16(19)20-3)5-7-12(9)14/h8,10,12-14H,1,4-7H2,2-3H3,(H,17,18)/t10-,12-,13?,14+/m1/s1. The Morgan fingerprint density at radius 1 is 1.40 bits per heavy atom. The van der Waals surface area contributed by atoms with Crippen molar-refractivity contribution < 1.29 is 19.4 Å². The SMILES string of the molecule is C=C1CCC([C@@H](C)C(=O)O)[C@H]2C=C(C(=O)OC)CC[C@H]12. The molecule has 0 radical (unpaired) electrons. The minimum Gasteiger partial charge on any atom is -0.481 e. The van der Waals surface area contributed by atoms with E-state index in [0.29, 0.717) is 17.9 Å². The second-order valence-electron chi connectivity index (χ2n) is 5.89. The van der Waals surface area contributed by atoms with Crippen LogP contribution in [-0.2, 0) is 14.3 Å². The van der Waals surface area contributed by atoms with Crippen molar-refractivity contribution in [3.8, 4) is 0 Å². The summed E-state index contributed by atoms with van der Waals surface area (Å²) in [5.41, 5.74) is 1.88. The zero-order valence-electron chi connectivity index (χ0n) is 12.1. The fourth-order valence-corrected chi connectivity index (χ4v) is 3.63. The van der Waals surface area contributed by atoms with Crippen LogP contribution in [0, 0.1) is 23.7 Å². The number of carboxylic acid groups (broad SMARTS) is 1. The van der Waals surface area contributed by atoms with Crippen molar-refractivity contribution in [1.82, 2.24) is 0 Å². The molecule has 0 saturated heterocycles. The van der Waals surface area contributed by atoms with E-state index in [-0.39, 0.29) is 17.8 Å². The Kier molecular flexibility index (Phi) is 4.31. The van der Waals surface area contributed by atoms with E-state index in [2.05, 4.69) is 6.58 Å². The topological polar surface area (TPSA) is 63.6 Å². The van der Waals surface area contributed by atoms with Gasteiger partial charge < -0.3 is 9.84 Å². The molecule has 0 aromatic carbocycles. The van der Waals surface area contributed by atoms with Gasteiger partial charge in [0, 0.05) is 5.57 Å². The van der Waals surface area contributed by atoms with Gasteiger partial charge in [0.2, 0.25) is 0 Å². The molecule has 2 aliphatic rings. The predicted octanol–water partition coefficient (Wildman–Crippen LogP) is 2.80. The first kappa shape index (κ1) is 14.8. The van der Waals surface area contributed by atoms with E-state index in [0.717, 1.165) is 19.3 Å². The Hall–Kier alpha value is -1.58. The summed E-state index contributed by atoms with van der Waals surface area (Å²) in [6, 6.07) is 0. The molecular formula is C16H22O4. The number of allylic oxidation sites excluding steroid dienone is 2. The van der Waals surface area contributed by atoms with Crippen LogP contribution in [0.5, 0.6) is 0 Å². The monoisotopic (exact) mass is 278 g/mol.